The molecule has 33 heavy (non-hydrogen) atoms. The molecule has 6 heteroatoms. The Bertz CT molecular complexity index is 1150. The van der Waals surface area contributed by atoms with Gasteiger partial charge in [0.05, 0.1) is 12.1 Å². The normalized spacial score (nSPS) is 22.7. The van der Waals surface area contributed by atoms with E-state index in [1.807, 2.05) is 37.3 Å². The van der Waals surface area contributed by atoms with Crippen molar-refractivity contribution in [3.8, 4) is 0 Å². The molecule has 3 N–H and O–H groups in total. The maximum atomic E-state index is 13.5. The molecule has 1 fully saturated rings. The van der Waals surface area contributed by atoms with Gasteiger partial charge >= 0.3 is 0 Å². The molecule has 1 unspecified atom stereocenters. The van der Waals surface area contributed by atoms with Gasteiger partial charge in [-0.05, 0) is 55.0 Å². The molecule has 4 atom stereocenters. The minimum atomic E-state index is -0.556. The van der Waals surface area contributed by atoms with Crippen molar-refractivity contribution in [2.45, 2.75) is 50.2 Å². The number of fused-ring (bicyclic) bond motifs is 1. The number of nitrogens with zero attached hydrogens (tertiary/aromatic N) is 1. The molecule has 5 rings (SSSR count). The first-order chi connectivity index (χ1) is 16.0. The number of amides is 2. The second-order valence-electron chi connectivity index (χ2n) is 9.11. The van der Waals surface area contributed by atoms with E-state index >= 15 is 0 Å². The van der Waals surface area contributed by atoms with Crippen LogP contribution in [-0.4, -0.2) is 29.3 Å². The SMILES string of the molecule is CC(N)c1ccc(C(=O)N2C[C@@H](c3ccccc3)C[C@H]2C(=O)N[C@@H]2CCc3ccccc32)o1. The lowest BCUT2D eigenvalue weighted by atomic mass is 9.96. The molecule has 0 saturated carbocycles. The van der Waals surface area contributed by atoms with Crippen molar-refractivity contribution in [2.75, 3.05) is 6.54 Å². The zero-order valence-electron chi connectivity index (χ0n) is 18.7. The third-order valence-corrected chi connectivity index (χ3v) is 6.87. The van der Waals surface area contributed by atoms with Crippen molar-refractivity contribution >= 4 is 11.8 Å². The predicted molar refractivity (Wildman–Crippen MR) is 126 cm³/mol. The number of rotatable bonds is 5. The van der Waals surface area contributed by atoms with Crippen LogP contribution in [0.2, 0.25) is 0 Å². The zero-order valence-corrected chi connectivity index (χ0v) is 18.7. The summed E-state index contributed by atoms with van der Waals surface area (Å²) in [4.78, 5) is 28.6. The largest absolute Gasteiger partial charge is 0.454 e. The molecule has 2 amide bonds. The highest BCUT2D eigenvalue weighted by Gasteiger charge is 2.42. The molecule has 2 aliphatic rings. The molecular weight excluding hydrogens is 414 g/mol. The third kappa shape index (κ3) is 4.18. The molecular formula is C27H29N3O3. The molecule has 0 radical (unpaired) electrons. The van der Waals surface area contributed by atoms with Gasteiger partial charge in [-0.3, -0.25) is 9.59 Å². The Morgan fingerprint density at radius 1 is 1.06 bits per heavy atom. The van der Waals surface area contributed by atoms with Gasteiger partial charge in [0.15, 0.2) is 5.76 Å². The highest BCUT2D eigenvalue weighted by molar-refractivity contribution is 5.96. The molecule has 1 aliphatic heterocycles. The molecule has 1 saturated heterocycles. The Balaban J connectivity index is 1.39. The quantitative estimate of drug-likeness (QED) is 0.621. The van der Waals surface area contributed by atoms with Crippen LogP contribution in [-0.2, 0) is 11.2 Å². The van der Waals surface area contributed by atoms with E-state index in [1.165, 1.54) is 11.1 Å². The van der Waals surface area contributed by atoms with Crippen LogP contribution >= 0.6 is 0 Å². The van der Waals surface area contributed by atoms with Crippen LogP contribution in [0.5, 0.6) is 0 Å². The fourth-order valence-electron chi connectivity index (χ4n) is 5.10. The fraction of sp³-hybridized carbons (Fsp3) is 0.333. The summed E-state index contributed by atoms with van der Waals surface area (Å²) in [6, 6.07) is 20.8. The number of hydrogen-bond donors (Lipinski definition) is 2. The maximum absolute atomic E-state index is 13.5. The van der Waals surface area contributed by atoms with Gasteiger partial charge in [-0.25, -0.2) is 0 Å². The summed E-state index contributed by atoms with van der Waals surface area (Å²) in [5.74, 6) is 0.486. The number of nitrogens with one attached hydrogen (secondary N) is 1. The number of carbonyl (C=O) groups is 2. The third-order valence-electron chi connectivity index (χ3n) is 6.87. The van der Waals surface area contributed by atoms with Gasteiger partial charge < -0.3 is 20.4 Å². The summed E-state index contributed by atoms with van der Waals surface area (Å²) >= 11 is 0. The van der Waals surface area contributed by atoms with Gasteiger partial charge in [0.2, 0.25) is 5.91 Å². The first kappa shape index (κ1) is 21.5. The summed E-state index contributed by atoms with van der Waals surface area (Å²) in [5.41, 5.74) is 9.49. The molecule has 170 valence electrons. The highest BCUT2D eigenvalue weighted by atomic mass is 16.4. The van der Waals surface area contributed by atoms with Gasteiger partial charge in [0.1, 0.15) is 11.8 Å². The van der Waals surface area contributed by atoms with Crippen LogP contribution in [0.4, 0.5) is 0 Å². The predicted octanol–water partition coefficient (Wildman–Crippen LogP) is 4.10. The Morgan fingerprint density at radius 3 is 2.58 bits per heavy atom. The lowest BCUT2D eigenvalue weighted by molar-refractivity contribution is -0.125. The first-order valence-corrected chi connectivity index (χ1v) is 11.6. The fourth-order valence-corrected chi connectivity index (χ4v) is 5.10. The van der Waals surface area contributed by atoms with Crippen molar-refractivity contribution in [1.82, 2.24) is 10.2 Å². The lowest BCUT2D eigenvalue weighted by Crippen LogP contribution is -2.46. The molecule has 6 nitrogen and oxygen atoms in total. The summed E-state index contributed by atoms with van der Waals surface area (Å²) in [6.07, 6.45) is 2.41. The molecule has 1 aliphatic carbocycles. The smallest absolute Gasteiger partial charge is 0.290 e. The molecule has 2 heterocycles. The van der Waals surface area contributed by atoms with Gasteiger partial charge in [-0.1, -0.05) is 54.6 Å². The monoisotopic (exact) mass is 443 g/mol. The Labute approximate surface area is 193 Å². The van der Waals surface area contributed by atoms with E-state index in [2.05, 4.69) is 29.6 Å². The molecule has 2 aromatic carbocycles. The Kier molecular flexibility index (Phi) is 5.77. The van der Waals surface area contributed by atoms with Crippen molar-refractivity contribution in [3.63, 3.8) is 0 Å². The summed E-state index contributed by atoms with van der Waals surface area (Å²) < 4.78 is 5.72. The second kappa shape index (κ2) is 8.87. The van der Waals surface area contributed by atoms with Gasteiger partial charge in [-0.15, -0.1) is 0 Å². The molecule has 0 spiro atoms. The van der Waals surface area contributed by atoms with Gasteiger partial charge in [-0.2, -0.15) is 0 Å². The van der Waals surface area contributed by atoms with Gasteiger partial charge in [0, 0.05) is 12.5 Å². The van der Waals surface area contributed by atoms with Crippen molar-refractivity contribution in [2.24, 2.45) is 5.73 Å². The standard InChI is InChI=1S/C27H29N3O3/c1-17(28)24-13-14-25(33-24)27(32)30-16-20(18-7-3-2-4-8-18)15-23(30)26(31)29-22-12-11-19-9-5-6-10-21(19)22/h2-10,13-14,17,20,22-23H,11-12,15-16,28H2,1H3,(H,29,31)/t17?,20-,22+,23-/m0/s1. The Hall–Kier alpha value is -3.38. The van der Waals surface area contributed by atoms with Crippen LogP contribution in [0.15, 0.2) is 71.1 Å². The summed E-state index contributed by atoms with van der Waals surface area (Å²) in [6.45, 7) is 2.28. The van der Waals surface area contributed by atoms with Crippen molar-refractivity contribution in [3.05, 3.63) is 94.9 Å². The number of likely N-dealkylation sites (tertiary alicyclic amines) is 1. The maximum Gasteiger partial charge on any atom is 0.290 e. The number of nitrogens with two attached hydrogens (primary N) is 1. The van der Waals surface area contributed by atoms with Crippen LogP contribution in [0.1, 0.15) is 70.8 Å². The van der Waals surface area contributed by atoms with E-state index in [-0.39, 0.29) is 35.6 Å². The number of hydrogen-bond acceptors (Lipinski definition) is 4. The number of benzene rings is 2. The Morgan fingerprint density at radius 2 is 1.82 bits per heavy atom. The average Bonchev–Trinajstić information content (AvgIpc) is 3.58. The van der Waals surface area contributed by atoms with E-state index < -0.39 is 6.04 Å². The zero-order chi connectivity index (χ0) is 22.9. The topological polar surface area (TPSA) is 88.6 Å². The number of furan rings is 1. The molecule has 0 bridgehead atoms. The van der Waals surface area contributed by atoms with Crippen LogP contribution in [0.3, 0.4) is 0 Å². The summed E-state index contributed by atoms with van der Waals surface area (Å²) in [5, 5.41) is 3.23. The minimum absolute atomic E-state index is 0.0188. The average molecular weight is 444 g/mol. The first-order valence-electron chi connectivity index (χ1n) is 11.6. The van der Waals surface area contributed by atoms with E-state index in [9.17, 15) is 9.59 Å². The van der Waals surface area contributed by atoms with Crippen LogP contribution in [0, 0.1) is 0 Å². The highest BCUT2D eigenvalue weighted by Crippen LogP contribution is 2.35. The van der Waals surface area contributed by atoms with Crippen molar-refractivity contribution < 1.29 is 14.0 Å². The summed E-state index contributed by atoms with van der Waals surface area (Å²) in [7, 11) is 0. The lowest BCUT2D eigenvalue weighted by Gasteiger charge is -2.25. The van der Waals surface area contributed by atoms with Crippen LogP contribution < -0.4 is 11.1 Å². The van der Waals surface area contributed by atoms with E-state index in [0.717, 1.165) is 18.4 Å². The molecule has 1 aromatic heterocycles. The van der Waals surface area contributed by atoms with Crippen molar-refractivity contribution in [1.29, 1.82) is 0 Å². The van der Waals surface area contributed by atoms with Gasteiger partial charge in [0.25, 0.3) is 5.91 Å². The minimum Gasteiger partial charge on any atom is -0.454 e. The number of aryl methyl sites for hydroxylation is 1. The number of carbonyl (C=O) groups excluding carboxylic acids is 2. The molecule has 3 aromatic rings. The second-order valence-corrected chi connectivity index (χ2v) is 9.11. The van der Waals surface area contributed by atoms with E-state index in [1.54, 1.807) is 17.0 Å². The van der Waals surface area contributed by atoms with Crippen LogP contribution in [0.25, 0.3) is 0 Å². The van der Waals surface area contributed by atoms with E-state index in [0.29, 0.717) is 18.7 Å². The van der Waals surface area contributed by atoms with E-state index in [4.69, 9.17) is 10.2 Å².